The molecule has 1 unspecified atom stereocenters. The third-order valence-corrected chi connectivity index (χ3v) is 7.22. The Bertz CT molecular complexity index is 1160. The predicted molar refractivity (Wildman–Crippen MR) is 125 cm³/mol. The molecule has 2 aromatic heterocycles. The van der Waals surface area contributed by atoms with E-state index in [9.17, 15) is 5.11 Å². The Hall–Kier alpha value is -3.26. The smallest absolute Gasteiger partial charge is 0.185 e. The van der Waals surface area contributed by atoms with Gasteiger partial charge in [-0.25, -0.2) is 4.98 Å². The average Bonchev–Trinajstić information content (AvgIpc) is 3.20. The van der Waals surface area contributed by atoms with Gasteiger partial charge in [0, 0.05) is 36.9 Å². The molecular weight excluding hydrogens is 416 g/mol. The van der Waals surface area contributed by atoms with E-state index < -0.39 is 0 Å². The van der Waals surface area contributed by atoms with Crippen LogP contribution in [0.4, 0.5) is 5.82 Å². The third kappa shape index (κ3) is 3.88. The fraction of sp³-hybridized carbons (Fsp3) is 0.440. The van der Waals surface area contributed by atoms with E-state index in [4.69, 9.17) is 4.74 Å². The number of phenols is 1. The van der Waals surface area contributed by atoms with E-state index in [1.807, 2.05) is 24.4 Å². The molecule has 2 N–H and O–H groups in total. The zero-order valence-corrected chi connectivity index (χ0v) is 18.7. The summed E-state index contributed by atoms with van der Waals surface area (Å²) >= 11 is 0. The van der Waals surface area contributed by atoms with Gasteiger partial charge in [0.05, 0.1) is 24.1 Å². The summed E-state index contributed by atoms with van der Waals surface area (Å²) in [6, 6.07) is 9.16. The molecule has 2 saturated heterocycles. The first-order valence-electron chi connectivity index (χ1n) is 11.8. The molecule has 0 spiro atoms. The van der Waals surface area contributed by atoms with Crippen molar-refractivity contribution in [3.05, 3.63) is 42.4 Å². The number of aromatic hydroxyl groups is 1. The van der Waals surface area contributed by atoms with Crippen LogP contribution in [-0.2, 0) is 6.42 Å². The van der Waals surface area contributed by atoms with Gasteiger partial charge in [-0.3, -0.25) is 4.98 Å². The molecule has 3 aliphatic heterocycles. The monoisotopic (exact) mass is 444 g/mol. The zero-order chi connectivity index (χ0) is 22.4. The van der Waals surface area contributed by atoms with E-state index >= 15 is 0 Å². The second-order valence-corrected chi connectivity index (χ2v) is 9.37. The highest BCUT2D eigenvalue weighted by Gasteiger charge is 2.35. The minimum Gasteiger partial charge on any atom is -0.507 e. The fourth-order valence-corrected chi connectivity index (χ4v) is 5.35. The molecule has 170 valence electrons. The number of pyridine rings is 1. The molecule has 2 fully saturated rings. The number of ether oxygens (including phenoxy) is 1. The predicted octanol–water partition coefficient (Wildman–Crippen LogP) is 3.35. The molecule has 3 aromatic rings. The number of benzene rings is 1. The molecule has 0 aliphatic carbocycles. The van der Waals surface area contributed by atoms with Crippen molar-refractivity contribution in [1.29, 1.82) is 0 Å². The minimum atomic E-state index is 0.115. The fourth-order valence-electron chi connectivity index (χ4n) is 5.35. The van der Waals surface area contributed by atoms with Crippen LogP contribution in [0.2, 0.25) is 0 Å². The van der Waals surface area contributed by atoms with Crippen LogP contribution in [0.25, 0.3) is 22.5 Å². The van der Waals surface area contributed by atoms with Crippen LogP contribution in [0.5, 0.6) is 11.5 Å². The maximum Gasteiger partial charge on any atom is 0.185 e. The first-order chi connectivity index (χ1) is 16.1. The van der Waals surface area contributed by atoms with Gasteiger partial charge in [0.15, 0.2) is 11.6 Å². The standard InChI is InChI=1S/C25H28N6O2/c1-31(19-11-17-5-6-18(12-19)28-17)24-14-27-25(30-29-24)20-7-4-15(9-22(20)32)16-10-23-21(26-13-16)3-2-8-33-23/h4,7,9-10,13-14,17-19,28,32H,2-3,5-6,8,11-12H2,1H3/t17-,18+,19?. The summed E-state index contributed by atoms with van der Waals surface area (Å²) in [5, 5.41) is 23.1. The first-order valence-corrected chi connectivity index (χ1v) is 11.8. The molecule has 0 radical (unpaired) electrons. The highest BCUT2D eigenvalue weighted by atomic mass is 16.5. The molecule has 8 heteroatoms. The van der Waals surface area contributed by atoms with Gasteiger partial charge in [-0.1, -0.05) is 6.07 Å². The quantitative estimate of drug-likeness (QED) is 0.633. The van der Waals surface area contributed by atoms with Crippen LogP contribution >= 0.6 is 0 Å². The summed E-state index contributed by atoms with van der Waals surface area (Å²) in [5.41, 5.74) is 3.32. The summed E-state index contributed by atoms with van der Waals surface area (Å²) in [5.74, 6) is 2.12. The van der Waals surface area contributed by atoms with E-state index in [-0.39, 0.29) is 5.75 Å². The highest BCUT2D eigenvalue weighted by Crippen LogP contribution is 2.35. The van der Waals surface area contributed by atoms with Gasteiger partial charge in [-0.05, 0) is 62.3 Å². The molecular formula is C25H28N6O2. The number of piperidine rings is 1. The first kappa shape index (κ1) is 20.4. The van der Waals surface area contributed by atoms with Gasteiger partial charge < -0.3 is 20.1 Å². The summed E-state index contributed by atoms with van der Waals surface area (Å²) < 4.78 is 5.74. The maximum absolute atomic E-state index is 10.7. The molecule has 2 bridgehead atoms. The molecule has 3 aliphatic rings. The van der Waals surface area contributed by atoms with Crippen LogP contribution in [0.15, 0.2) is 36.7 Å². The Kier molecular flexibility index (Phi) is 5.10. The van der Waals surface area contributed by atoms with E-state index in [0.717, 1.165) is 60.7 Å². The van der Waals surface area contributed by atoms with E-state index in [0.29, 0.717) is 29.5 Å². The number of nitrogens with zero attached hydrogens (tertiary/aromatic N) is 5. The second-order valence-electron chi connectivity index (χ2n) is 9.37. The molecule has 3 atom stereocenters. The van der Waals surface area contributed by atoms with Gasteiger partial charge in [0.25, 0.3) is 0 Å². The molecule has 1 aromatic carbocycles. The Morgan fingerprint density at radius 2 is 1.88 bits per heavy atom. The van der Waals surface area contributed by atoms with Gasteiger partial charge in [0.2, 0.25) is 0 Å². The number of hydrogen-bond donors (Lipinski definition) is 2. The number of fused-ring (bicyclic) bond motifs is 3. The Morgan fingerprint density at radius 3 is 2.64 bits per heavy atom. The SMILES string of the molecule is CN(c1cnc(-c2ccc(-c3cnc4c(c3)OCCC4)cc2O)nn1)C1C[C@H]2CC[C@@H](C1)N2. The lowest BCUT2D eigenvalue weighted by Gasteiger charge is -2.35. The number of aromatic nitrogens is 4. The third-order valence-electron chi connectivity index (χ3n) is 7.22. The van der Waals surface area contributed by atoms with Gasteiger partial charge in [0.1, 0.15) is 11.5 Å². The average molecular weight is 445 g/mol. The van der Waals surface area contributed by atoms with Crippen molar-refractivity contribution in [2.24, 2.45) is 0 Å². The van der Waals surface area contributed by atoms with E-state index in [1.165, 1.54) is 12.8 Å². The highest BCUT2D eigenvalue weighted by molar-refractivity contribution is 5.73. The molecule has 6 rings (SSSR count). The number of nitrogens with one attached hydrogen (secondary N) is 1. The normalized spacial score (nSPS) is 23.6. The zero-order valence-electron chi connectivity index (χ0n) is 18.7. The van der Waals surface area contributed by atoms with Gasteiger partial charge in [-0.2, -0.15) is 0 Å². The largest absolute Gasteiger partial charge is 0.507 e. The van der Waals surface area contributed by atoms with Crippen molar-refractivity contribution in [1.82, 2.24) is 25.5 Å². The van der Waals surface area contributed by atoms with Crippen molar-refractivity contribution in [2.45, 2.75) is 56.7 Å². The number of phenolic OH excluding ortho intramolecular Hbond substituents is 1. The molecule has 0 saturated carbocycles. The number of rotatable bonds is 4. The van der Waals surface area contributed by atoms with E-state index in [1.54, 1.807) is 12.3 Å². The topological polar surface area (TPSA) is 96.3 Å². The van der Waals surface area contributed by atoms with Gasteiger partial charge in [-0.15, -0.1) is 10.2 Å². The number of aryl methyl sites for hydroxylation is 1. The maximum atomic E-state index is 10.7. The second kappa shape index (κ2) is 8.26. The number of hydrogen-bond acceptors (Lipinski definition) is 8. The summed E-state index contributed by atoms with van der Waals surface area (Å²) in [6.07, 6.45) is 10.3. The van der Waals surface area contributed by atoms with Crippen LogP contribution < -0.4 is 15.0 Å². The van der Waals surface area contributed by atoms with Crippen molar-refractivity contribution in [3.8, 4) is 34.0 Å². The lowest BCUT2D eigenvalue weighted by atomic mass is 9.99. The van der Waals surface area contributed by atoms with Crippen molar-refractivity contribution in [3.63, 3.8) is 0 Å². The van der Waals surface area contributed by atoms with Crippen LogP contribution in [0, 0.1) is 0 Å². The molecule has 8 nitrogen and oxygen atoms in total. The Morgan fingerprint density at radius 1 is 1.03 bits per heavy atom. The molecule has 33 heavy (non-hydrogen) atoms. The van der Waals surface area contributed by atoms with Crippen molar-refractivity contribution < 1.29 is 9.84 Å². The van der Waals surface area contributed by atoms with Gasteiger partial charge >= 0.3 is 0 Å². The van der Waals surface area contributed by atoms with Crippen LogP contribution in [0.1, 0.15) is 37.8 Å². The lowest BCUT2D eigenvalue weighted by molar-refractivity contribution is 0.285. The summed E-state index contributed by atoms with van der Waals surface area (Å²) in [7, 11) is 2.07. The minimum absolute atomic E-state index is 0.115. The van der Waals surface area contributed by atoms with Crippen LogP contribution in [0.3, 0.4) is 0 Å². The lowest BCUT2D eigenvalue weighted by Crippen LogP contribution is -2.47. The molecule has 5 heterocycles. The number of anilines is 1. The summed E-state index contributed by atoms with van der Waals surface area (Å²) in [4.78, 5) is 11.2. The van der Waals surface area contributed by atoms with Crippen molar-refractivity contribution in [2.75, 3.05) is 18.6 Å². The van der Waals surface area contributed by atoms with Crippen molar-refractivity contribution >= 4 is 5.82 Å². The Labute approximate surface area is 193 Å². The Balaban J connectivity index is 1.21. The van der Waals surface area contributed by atoms with Crippen LogP contribution in [-0.4, -0.2) is 57.1 Å². The van der Waals surface area contributed by atoms with E-state index in [2.05, 4.69) is 37.4 Å². The summed E-state index contributed by atoms with van der Waals surface area (Å²) in [6.45, 7) is 0.719. The molecule has 0 amide bonds.